The van der Waals surface area contributed by atoms with Crippen molar-refractivity contribution in [3.05, 3.63) is 83.3 Å². The maximum absolute atomic E-state index is 13.3. The Labute approximate surface area is 361 Å². The highest BCUT2D eigenvalue weighted by Gasteiger charge is 2.45. The Morgan fingerprint density at radius 3 is 2.41 bits per heavy atom. The van der Waals surface area contributed by atoms with Gasteiger partial charge >= 0.3 is 0 Å². The molecule has 0 spiro atoms. The Morgan fingerprint density at radius 1 is 0.836 bits per heavy atom. The zero-order chi connectivity index (χ0) is 42.6. The van der Waals surface area contributed by atoms with E-state index in [1.54, 1.807) is 54.5 Å². The molecular formula is C45H55N9O6S. The summed E-state index contributed by atoms with van der Waals surface area (Å²) in [7, 11) is 0. The molecule has 0 saturated carbocycles. The molecule has 1 unspecified atom stereocenters. The van der Waals surface area contributed by atoms with E-state index in [0.29, 0.717) is 29.3 Å². The van der Waals surface area contributed by atoms with Crippen molar-refractivity contribution < 1.29 is 28.8 Å². The third-order valence-corrected chi connectivity index (χ3v) is 13.1. The number of benzene rings is 1. The Bertz CT molecular complexity index is 2070. The van der Waals surface area contributed by atoms with Crippen LogP contribution in [0.5, 0.6) is 0 Å². The Hall–Kier alpha value is -5.48. The lowest BCUT2D eigenvalue weighted by Crippen LogP contribution is -2.54. The largest absolute Gasteiger partial charge is 0.353 e. The van der Waals surface area contributed by atoms with E-state index in [4.69, 9.17) is 0 Å². The van der Waals surface area contributed by atoms with Crippen LogP contribution in [0, 0.1) is 5.92 Å². The number of hydrogen-bond donors (Lipinski definition) is 2. The lowest BCUT2D eigenvalue weighted by Gasteiger charge is -2.35. The molecule has 6 heterocycles. The minimum atomic E-state index is -0.964. The second kappa shape index (κ2) is 21.4. The van der Waals surface area contributed by atoms with Gasteiger partial charge in [-0.3, -0.25) is 48.9 Å². The van der Waals surface area contributed by atoms with Crippen molar-refractivity contribution in [3.8, 4) is 0 Å². The topological polar surface area (TPSA) is 178 Å². The summed E-state index contributed by atoms with van der Waals surface area (Å²) in [5.74, 6) is 0.107. The first-order valence-corrected chi connectivity index (χ1v) is 22.7. The number of thioether (sulfide) groups is 1. The van der Waals surface area contributed by atoms with E-state index < -0.39 is 23.8 Å². The number of anilines is 1. The monoisotopic (exact) mass is 849 g/mol. The number of piperidine rings is 2. The highest BCUT2D eigenvalue weighted by atomic mass is 32.2. The van der Waals surface area contributed by atoms with E-state index in [-0.39, 0.29) is 30.6 Å². The molecule has 4 aliphatic heterocycles. The van der Waals surface area contributed by atoms with E-state index in [1.807, 2.05) is 29.2 Å². The Kier molecular flexibility index (Phi) is 15.3. The minimum absolute atomic E-state index is 0.0588. The van der Waals surface area contributed by atoms with Gasteiger partial charge in [-0.25, -0.2) is 0 Å². The number of aromatic nitrogens is 3. The van der Waals surface area contributed by atoms with Crippen molar-refractivity contribution >= 4 is 59.1 Å². The second-order valence-electron chi connectivity index (χ2n) is 16.1. The molecule has 322 valence electrons. The van der Waals surface area contributed by atoms with Crippen molar-refractivity contribution in [1.82, 2.24) is 40.5 Å². The maximum atomic E-state index is 13.3. The van der Waals surface area contributed by atoms with Crippen LogP contribution in [0.4, 0.5) is 5.82 Å². The molecule has 0 radical (unpaired) electrons. The van der Waals surface area contributed by atoms with Crippen molar-refractivity contribution in [2.75, 3.05) is 63.0 Å². The summed E-state index contributed by atoms with van der Waals surface area (Å²) >= 11 is 1.57. The predicted octanol–water partition coefficient (Wildman–Crippen LogP) is 4.60. The smallest absolute Gasteiger partial charge is 0.274 e. The molecule has 7 rings (SSSR count). The molecule has 3 aromatic rings. The highest BCUT2D eigenvalue weighted by molar-refractivity contribution is 7.99. The average molecular weight is 850 g/mol. The van der Waals surface area contributed by atoms with Crippen LogP contribution in [0.2, 0.25) is 0 Å². The van der Waals surface area contributed by atoms with Crippen LogP contribution in [0.3, 0.4) is 0 Å². The van der Waals surface area contributed by atoms with Crippen LogP contribution >= 0.6 is 11.8 Å². The summed E-state index contributed by atoms with van der Waals surface area (Å²) in [6, 6.07) is 11.8. The average Bonchev–Trinajstić information content (AvgIpc) is 3.54. The number of likely N-dealkylation sites (tertiary alicyclic amines) is 1. The number of amides is 6. The van der Waals surface area contributed by atoms with Gasteiger partial charge in [0.25, 0.3) is 17.7 Å². The Morgan fingerprint density at radius 2 is 1.66 bits per heavy atom. The fourth-order valence-corrected chi connectivity index (χ4v) is 9.53. The summed E-state index contributed by atoms with van der Waals surface area (Å²) in [4.78, 5) is 88.2. The van der Waals surface area contributed by atoms with E-state index in [0.717, 1.165) is 131 Å². The van der Waals surface area contributed by atoms with E-state index in [1.165, 1.54) is 0 Å². The summed E-state index contributed by atoms with van der Waals surface area (Å²) in [6.07, 6.45) is 16.2. The number of nitrogens with one attached hydrogen (secondary N) is 2. The number of hydrogen-bond acceptors (Lipinski definition) is 12. The van der Waals surface area contributed by atoms with Gasteiger partial charge in [-0.1, -0.05) is 37.8 Å². The molecule has 2 aromatic heterocycles. The molecular weight excluding hydrogens is 795 g/mol. The second-order valence-corrected chi connectivity index (χ2v) is 17.3. The predicted molar refractivity (Wildman–Crippen MR) is 232 cm³/mol. The minimum Gasteiger partial charge on any atom is -0.353 e. The molecule has 6 amide bonds. The molecule has 3 fully saturated rings. The number of rotatable bonds is 18. The Balaban J connectivity index is 0.732. The first-order valence-electron chi connectivity index (χ1n) is 21.7. The van der Waals surface area contributed by atoms with Gasteiger partial charge < -0.3 is 15.1 Å². The zero-order valence-corrected chi connectivity index (χ0v) is 35.5. The summed E-state index contributed by atoms with van der Waals surface area (Å²) < 4.78 is 0. The fourth-order valence-electron chi connectivity index (χ4n) is 8.45. The molecule has 15 nitrogen and oxygen atoms in total. The SMILES string of the molecule is O=C(/C=C/c1cccnc1)NCCCCC1CCN(C(=O)c2ccc(N3CCN(CCCCCCSc4cccc5c4C(=O)N(C4CCC(=O)NC4=O)C5=O)CC3)nn2)CC1. The van der Waals surface area contributed by atoms with Gasteiger partial charge in [0.05, 0.1) is 11.1 Å². The number of pyridine rings is 1. The van der Waals surface area contributed by atoms with E-state index in [2.05, 4.69) is 35.6 Å². The number of piperazine rings is 1. The van der Waals surface area contributed by atoms with Gasteiger partial charge in [-0.05, 0) is 98.7 Å². The highest BCUT2D eigenvalue weighted by Crippen LogP contribution is 2.35. The van der Waals surface area contributed by atoms with Gasteiger partial charge in [-0.15, -0.1) is 22.0 Å². The lowest BCUT2D eigenvalue weighted by atomic mass is 9.91. The normalized spacial score (nSPS) is 18.8. The van der Waals surface area contributed by atoms with Crippen LogP contribution in [-0.2, 0) is 14.4 Å². The quantitative estimate of drug-likeness (QED) is 0.0789. The van der Waals surface area contributed by atoms with Crippen LogP contribution in [-0.4, -0.2) is 129 Å². The molecule has 1 aromatic carbocycles. The van der Waals surface area contributed by atoms with Crippen molar-refractivity contribution in [1.29, 1.82) is 0 Å². The van der Waals surface area contributed by atoms with Gasteiger partial charge in [0.1, 0.15) is 6.04 Å². The summed E-state index contributed by atoms with van der Waals surface area (Å²) in [6.45, 7) is 6.70. The number of fused-ring (bicyclic) bond motifs is 1. The van der Waals surface area contributed by atoms with Crippen molar-refractivity contribution in [2.45, 2.75) is 81.6 Å². The summed E-state index contributed by atoms with van der Waals surface area (Å²) in [5, 5.41) is 14.0. The number of nitrogens with zero attached hydrogens (tertiary/aromatic N) is 7. The van der Waals surface area contributed by atoms with E-state index >= 15 is 0 Å². The van der Waals surface area contributed by atoms with Crippen molar-refractivity contribution in [2.24, 2.45) is 5.92 Å². The third kappa shape index (κ3) is 11.5. The van der Waals surface area contributed by atoms with Crippen LogP contribution in [0.25, 0.3) is 6.08 Å². The van der Waals surface area contributed by atoms with Gasteiger partial charge in [0.2, 0.25) is 17.7 Å². The third-order valence-electron chi connectivity index (χ3n) is 12.0. The maximum Gasteiger partial charge on any atom is 0.274 e. The molecule has 3 saturated heterocycles. The molecule has 16 heteroatoms. The zero-order valence-electron chi connectivity index (χ0n) is 34.6. The standard InChI is InChI=1S/C45H55N9O6S/c55-39(17-13-33-10-8-21-46-31-33)47-22-4-3-9-32-19-24-53(25-20-32)44(59)35-14-16-38(50-49-35)52-28-26-51(27-29-52)23-5-1-2-6-30-61-37-12-7-11-34-41(37)45(60)54(43(34)58)36-15-18-40(56)48-42(36)57/h7-8,10-14,16-17,21,31-32,36H,1-6,9,15,18-20,22-30H2,(H,47,55)(H,48,56,57)/b17-13+. The molecule has 0 aliphatic carbocycles. The van der Waals surface area contributed by atoms with E-state index in [9.17, 15) is 28.8 Å². The first-order chi connectivity index (χ1) is 29.7. The van der Waals surface area contributed by atoms with Crippen LogP contribution < -0.4 is 15.5 Å². The van der Waals surface area contributed by atoms with Gasteiger partial charge in [0.15, 0.2) is 11.5 Å². The van der Waals surface area contributed by atoms with Crippen LogP contribution in [0.15, 0.2) is 65.8 Å². The lowest BCUT2D eigenvalue weighted by molar-refractivity contribution is -0.136. The summed E-state index contributed by atoms with van der Waals surface area (Å²) in [5.41, 5.74) is 1.96. The molecule has 2 N–H and O–H groups in total. The number of imide groups is 2. The molecule has 1 atom stereocenters. The fraction of sp³-hybridized carbons (Fsp3) is 0.489. The number of unbranched alkanes of at least 4 members (excludes halogenated alkanes) is 4. The van der Waals surface area contributed by atoms with Crippen LogP contribution in [0.1, 0.15) is 107 Å². The number of carbonyl (C=O) groups is 6. The first kappa shape index (κ1) is 43.6. The van der Waals surface area contributed by atoms with Gasteiger partial charge in [-0.2, -0.15) is 0 Å². The molecule has 0 bridgehead atoms. The molecule has 4 aliphatic rings. The van der Waals surface area contributed by atoms with Crippen molar-refractivity contribution in [3.63, 3.8) is 0 Å². The number of carbonyl (C=O) groups excluding carboxylic acids is 6. The molecule has 61 heavy (non-hydrogen) atoms. The van der Waals surface area contributed by atoms with Gasteiger partial charge in [0, 0.05) is 75.6 Å².